The first-order chi connectivity index (χ1) is 6.68. The lowest BCUT2D eigenvalue weighted by Gasteiger charge is -2.22. The van der Waals surface area contributed by atoms with Crippen molar-refractivity contribution in [1.82, 2.24) is 10.6 Å². The molecule has 1 rings (SSSR count). The maximum absolute atomic E-state index is 11.3. The van der Waals surface area contributed by atoms with E-state index in [1.165, 1.54) is 12.8 Å². The van der Waals surface area contributed by atoms with Crippen LogP contribution in [0.15, 0.2) is 11.6 Å². The van der Waals surface area contributed by atoms with Crippen LogP contribution in [0.4, 0.5) is 0 Å². The second kappa shape index (κ2) is 5.81. The molecule has 3 heteroatoms. The summed E-state index contributed by atoms with van der Waals surface area (Å²) in [6, 6.07) is 0. The van der Waals surface area contributed by atoms with Gasteiger partial charge in [0, 0.05) is 12.6 Å². The van der Waals surface area contributed by atoms with Crippen LogP contribution >= 0.6 is 0 Å². The zero-order valence-corrected chi connectivity index (χ0v) is 9.10. The summed E-state index contributed by atoms with van der Waals surface area (Å²) in [5.41, 5.74) is 1.05. The standard InChI is InChI=1S/C11H20N2O/c1-9(2)6-11(14)13-8-10-4-3-5-12-7-10/h6,10,12H,3-5,7-8H2,1-2H3,(H,13,14). The lowest BCUT2D eigenvalue weighted by atomic mass is 10.00. The van der Waals surface area contributed by atoms with Crippen LogP contribution in [0, 0.1) is 5.92 Å². The molecule has 0 saturated carbocycles. The Morgan fingerprint density at radius 2 is 2.36 bits per heavy atom. The van der Waals surface area contributed by atoms with Crippen LogP contribution in [-0.4, -0.2) is 25.5 Å². The van der Waals surface area contributed by atoms with Crippen LogP contribution in [0.3, 0.4) is 0 Å². The van der Waals surface area contributed by atoms with Gasteiger partial charge in [-0.05, 0) is 45.7 Å². The number of carbonyl (C=O) groups is 1. The number of amides is 1. The number of carbonyl (C=O) groups excluding carboxylic acids is 1. The molecule has 0 aromatic rings. The molecule has 2 N–H and O–H groups in total. The van der Waals surface area contributed by atoms with Crippen molar-refractivity contribution in [3.8, 4) is 0 Å². The average molecular weight is 196 g/mol. The van der Waals surface area contributed by atoms with Crippen molar-refractivity contribution in [3.63, 3.8) is 0 Å². The zero-order valence-electron chi connectivity index (χ0n) is 9.10. The van der Waals surface area contributed by atoms with E-state index in [2.05, 4.69) is 10.6 Å². The normalized spacial score (nSPS) is 21.4. The summed E-state index contributed by atoms with van der Waals surface area (Å²) in [5.74, 6) is 0.647. The average Bonchev–Trinajstić information content (AvgIpc) is 2.15. The van der Waals surface area contributed by atoms with Gasteiger partial charge in [0.15, 0.2) is 0 Å². The first-order valence-corrected chi connectivity index (χ1v) is 5.32. The van der Waals surface area contributed by atoms with Crippen LogP contribution in [0.5, 0.6) is 0 Å². The fraction of sp³-hybridized carbons (Fsp3) is 0.727. The molecule has 0 spiro atoms. The smallest absolute Gasteiger partial charge is 0.243 e. The van der Waals surface area contributed by atoms with Crippen LogP contribution in [0.25, 0.3) is 0 Å². The minimum Gasteiger partial charge on any atom is -0.352 e. The van der Waals surface area contributed by atoms with E-state index in [-0.39, 0.29) is 5.91 Å². The lowest BCUT2D eigenvalue weighted by Crippen LogP contribution is -2.37. The molecule has 80 valence electrons. The Morgan fingerprint density at radius 3 is 2.93 bits per heavy atom. The van der Waals surface area contributed by atoms with Gasteiger partial charge in [-0.15, -0.1) is 0 Å². The number of allylic oxidation sites excluding steroid dienone is 1. The number of hydrogen-bond donors (Lipinski definition) is 2. The predicted molar refractivity (Wildman–Crippen MR) is 58.0 cm³/mol. The Labute approximate surface area is 86.0 Å². The highest BCUT2D eigenvalue weighted by Gasteiger charge is 2.12. The fourth-order valence-electron chi connectivity index (χ4n) is 1.66. The second-order valence-corrected chi connectivity index (χ2v) is 4.18. The summed E-state index contributed by atoms with van der Waals surface area (Å²) in [6.45, 7) is 6.83. The molecule has 1 atom stereocenters. The molecule has 1 unspecified atom stereocenters. The number of piperidine rings is 1. The molecule has 1 aliphatic rings. The molecule has 1 saturated heterocycles. The van der Waals surface area contributed by atoms with Gasteiger partial charge in [0.2, 0.25) is 5.91 Å². The maximum atomic E-state index is 11.3. The number of nitrogens with one attached hydrogen (secondary N) is 2. The zero-order chi connectivity index (χ0) is 10.4. The maximum Gasteiger partial charge on any atom is 0.243 e. The Bertz CT molecular complexity index is 213. The highest BCUT2D eigenvalue weighted by Crippen LogP contribution is 2.07. The summed E-state index contributed by atoms with van der Waals surface area (Å²) in [7, 11) is 0. The molecule has 1 fully saturated rings. The van der Waals surface area contributed by atoms with Crippen molar-refractivity contribution in [3.05, 3.63) is 11.6 Å². The van der Waals surface area contributed by atoms with Gasteiger partial charge in [0.1, 0.15) is 0 Å². The van der Waals surface area contributed by atoms with Gasteiger partial charge in [-0.3, -0.25) is 4.79 Å². The molecule has 1 amide bonds. The van der Waals surface area contributed by atoms with E-state index < -0.39 is 0 Å². The van der Waals surface area contributed by atoms with Crippen LogP contribution in [-0.2, 0) is 4.79 Å². The molecular formula is C11H20N2O. The highest BCUT2D eigenvalue weighted by molar-refractivity contribution is 5.87. The summed E-state index contributed by atoms with van der Waals surface area (Å²) in [6.07, 6.45) is 4.10. The van der Waals surface area contributed by atoms with Gasteiger partial charge in [0.25, 0.3) is 0 Å². The number of rotatable bonds is 3. The fourth-order valence-corrected chi connectivity index (χ4v) is 1.66. The third kappa shape index (κ3) is 4.42. The van der Waals surface area contributed by atoms with Gasteiger partial charge < -0.3 is 10.6 Å². The minimum absolute atomic E-state index is 0.0376. The van der Waals surface area contributed by atoms with E-state index in [9.17, 15) is 4.79 Å². The van der Waals surface area contributed by atoms with E-state index in [0.29, 0.717) is 5.92 Å². The summed E-state index contributed by atoms with van der Waals surface area (Å²) in [5, 5.41) is 6.26. The predicted octanol–water partition coefficient (Wildman–Crippen LogP) is 1.07. The molecule has 1 aliphatic heterocycles. The van der Waals surface area contributed by atoms with Crippen LogP contribution < -0.4 is 10.6 Å². The Kier molecular flexibility index (Phi) is 4.66. The van der Waals surface area contributed by atoms with Crippen molar-refractivity contribution in [2.24, 2.45) is 5.92 Å². The monoisotopic (exact) mass is 196 g/mol. The third-order valence-corrected chi connectivity index (χ3v) is 2.38. The first-order valence-electron chi connectivity index (χ1n) is 5.32. The van der Waals surface area contributed by atoms with Crippen molar-refractivity contribution >= 4 is 5.91 Å². The summed E-state index contributed by atoms with van der Waals surface area (Å²) >= 11 is 0. The van der Waals surface area contributed by atoms with Crippen molar-refractivity contribution in [2.45, 2.75) is 26.7 Å². The Morgan fingerprint density at radius 1 is 1.57 bits per heavy atom. The Balaban J connectivity index is 2.19. The van der Waals surface area contributed by atoms with Gasteiger partial charge in [-0.25, -0.2) is 0 Å². The highest BCUT2D eigenvalue weighted by atomic mass is 16.1. The largest absolute Gasteiger partial charge is 0.352 e. The molecule has 1 heterocycles. The molecule has 14 heavy (non-hydrogen) atoms. The SMILES string of the molecule is CC(C)=CC(=O)NCC1CCCNC1. The molecule has 0 aliphatic carbocycles. The van der Waals surface area contributed by atoms with Crippen molar-refractivity contribution in [2.75, 3.05) is 19.6 Å². The van der Waals surface area contributed by atoms with Gasteiger partial charge in [-0.2, -0.15) is 0 Å². The number of hydrogen-bond acceptors (Lipinski definition) is 2. The first kappa shape index (κ1) is 11.2. The second-order valence-electron chi connectivity index (χ2n) is 4.18. The topological polar surface area (TPSA) is 41.1 Å². The molecular weight excluding hydrogens is 176 g/mol. The van der Waals surface area contributed by atoms with E-state index in [4.69, 9.17) is 0 Å². The van der Waals surface area contributed by atoms with Gasteiger partial charge in [0.05, 0.1) is 0 Å². The van der Waals surface area contributed by atoms with E-state index >= 15 is 0 Å². The van der Waals surface area contributed by atoms with Crippen molar-refractivity contribution < 1.29 is 4.79 Å². The molecule has 0 radical (unpaired) electrons. The van der Waals surface area contributed by atoms with Gasteiger partial charge >= 0.3 is 0 Å². The van der Waals surface area contributed by atoms with E-state index in [1.807, 2.05) is 13.8 Å². The quantitative estimate of drug-likeness (QED) is 0.663. The van der Waals surface area contributed by atoms with Gasteiger partial charge in [-0.1, -0.05) is 5.57 Å². The third-order valence-electron chi connectivity index (χ3n) is 2.38. The van der Waals surface area contributed by atoms with Crippen LogP contribution in [0.1, 0.15) is 26.7 Å². The molecule has 3 nitrogen and oxygen atoms in total. The van der Waals surface area contributed by atoms with Crippen molar-refractivity contribution in [1.29, 1.82) is 0 Å². The Hall–Kier alpha value is -0.830. The molecule has 0 aromatic carbocycles. The molecule has 0 aromatic heterocycles. The molecule has 0 bridgehead atoms. The summed E-state index contributed by atoms with van der Waals surface area (Å²) in [4.78, 5) is 11.3. The lowest BCUT2D eigenvalue weighted by molar-refractivity contribution is -0.116. The summed E-state index contributed by atoms with van der Waals surface area (Å²) < 4.78 is 0. The van der Waals surface area contributed by atoms with E-state index in [1.54, 1.807) is 6.08 Å². The minimum atomic E-state index is 0.0376. The van der Waals surface area contributed by atoms with E-state index in [0.717, 1.165) is 25.2 Å². The van der Waals surface area contributed by atoms with Crippen LogP contribution in [0.2, 0.25) is 0 Å².